The number of rotatable bonds is 7. The first-order chi connectivity index (χ1) is 9.91. The van der Waals surface area contributed by atoms with Crippen molar-refractivity contribution in [2.24, 2.45) is 5.41 Å². The molecule has 5 nitrogen and oxygen atoms in total. The van der Waals surface area contributed by atoms with Crippen LogP contribution in [0.2, 0.25) is 0 Å². The summed E-state index contributed by atoms with van der Waals surface area (Å²) in [6.45, 7) is 5.88. The van der Waals surface area contributed by atoms with Crippen molar-refractivity contribution in [1.82, 2.24) is 5.32 Å². The van der Waals surface area contributed by atoms with Crippen LogP contribution < -0.4 is 15.4 Å². The molecule has 0 unspecified atom stereocenters. The lowest BCUT2D eigenvalue weighted by atomic mass is 9.91. The Morgan fingerprint density at radius 3 is 2.29 bits per heavy atom. The van der Waals surface area contributed by atoms with E-state index in [1.54, 1.807) is 45.2 Å². The molecule has 1 aromatic carbocycles. The van der Waals surface area contributed by atoms with Crippen LogP contribution in [0.1, 0.15) is 33.6 Å². The summed E-state index contributed by atoms with van der Waals surface area (Å²) in [7, 11) is 1.58. The van der Waals surface area contributed by atoms with Crippen LogP contribution in [-0.2, 0) is 9.59 Å². The van der Waals surface area contributed by atoms with Gasteiger partial charge < -0.3 is 15.4 Å². The molecule has 1 aromatic rings. The highest BCUT2D eigenvalue weighted by atomic mass is 16.5. The normalized spacial score (nSPS) is 10.9. The molecule has 0 heterocycles. The second-order valence-electron chi connectivity index (χ2n) is 5.42. The minimum atomic E-state index is -1.12. The lowest BCUT2D eigenvalue weighted by Crippen LogP contribution is -2.45. The zero-order valence-electron chi connectivity index (χ0n) is 13.2. The van der Waals surface area contributed by atoms with E-state index in [4.69, 9.17) is 4.74 Å². The van der Waals surface area contributed by atoms with Gasteiger partial charge in [0.25, 0.3) is 0 Å². The van der Waals surface area contributed by atoms with Gasteiger partial charge in [-0.25, -0.2) is 0 Å². The molecule has 2 amide bonds. The molecular formula is C16H24N2O3. The van der Waals surface area contributed by atoms with Gasteiger partial charge in [-0.1, -0.05) is 13.3 Å². The van der Waals surface area contributed by atoms with Crippen molar-refractivity contribution in [2.75, 3.05) is 19.0 Å². The van der Waals surface area contributed by atoms with Crippen LogP contribution in [0.5, 0.6) is 5.75 Å². The van der Waals surface area contributed by atoms with Crippen LogP contribution in [-0.4, -0.2) is 25.5 Å². The first kappa shape index (κ1) is 17.0. The van der Waals surface area contributed by atoms with E-state index in [1.165, 1.54) is 0 Å². The Bertz CT molecular complexity index is 481. The second-order valence-corrected chi connectivity index (χ2v) is 5.42. The smallest absolute Gasteiger partial charge is 0.239 e. The number of hydrogen-bond donors (Lipinski definition) is 2. The van der Waals surface area contributed by atoms with Crippen LogP contribution in [0.4, 0.5) is 5.69 Å². The number of benzene rings is 1. The third-order valence-electron chi connectivity index (χ3n) is 3.30. The molecule has 0 aliphatic heterocycles. The van der Waals surface area contributed by atoms with E-state index in [2.05, 4.69) is 10.6 Å². The van der Waals surface area contributed by atoms with Crippen LogP contribution in [0, 0.1) is 5.41 Å². The molecule has 0 spiro atoms. The number of amides is 2. The average molecular weight is 292 g/mol. The molecule has 0 aliphatic carbocycles. The van der Waals surface area contributed by atoms with E-state index >= 15 is 0 Å². The van der Waals surface area contributed by atoms with Gasteiger partial charge in [0, 0.05) is 12.2 Å². The number of ether oxygens (including phenoxy) is 1. The fourth-order valence-corrected chi connectivity index (χ4v) is 1.66. The Morgan fingerprint density at radius 2 is 1.76 bits per heavy atom. The summed E-state index contributed by atoms with van der Waals surface area (Å²) < 4.78 is 5.06. The lowest BCUT2D eigenvalue weighted by molar-refractivity contribution is -0.138. The number of carbonyl (C=O) groups excluding carboxylic acids is 2. The van der Waals surface area contributed by atoms with Crippen LogP contribution >= 0.6 is 0 Å². The summed E-state index contributed by atoms with van der Waals surface area (Å²) in [5.74, 6) is 0.119. The van der Waals surface area contributed by atoms with Crippen molar-refractivity contribution in [2.45, 2.75) is 33.6 Å². The molecule has 0 aliphatic rings. The molecule has 0 fully saturated rings. The molecule has 0 atom stereocenters. The summed E-state index contributed by atoms with van der Waals surface area (Å²) in [4.78, 5) is 24.3. The van der Waals surface area contributed by atoms with Gasteiger partial charge >= 0.3 is 0 Å². The topological polar surface area (TPSA) is 67.4 Å². The average Bonchev–Trinajstić information content (AvgIpc) is 2.48. The molecule has 116 valence electrons. The van der Waals surface area contributed by atoms with E-state index in [9.17, 15) is 9.59 Å². The summed E-state index contributed by atoms with van der Waals surface area (Å²) in [5, 5.41) is 5.54. The third-order valence-corrected chi connectivity index (χ3v) is 3.30. The molecule has 1 rings (SSSR count). The van der Waals surface area contributed by atoms with E-state index < -0.39 is 5.41 Å². The lowest BCUT2D eigenvalue weighted by Gasteiger charge is -2.22. The van der Waals surface area contributed by atoms with Gasteiger partial charge in [0.2, 0.25) is 11.8 Å². The van der Waals surface area contributed by atoms with Crippen LogP contribution in [0.15, 0.2) is 24.3 Å². The van der Waals surface area contributed by atoms with E-state index in [0.29, 0.717) is 18.0 Å². The Balaban J connectivity index is 2.64. The molecule has 0 saturated heterocycles. The van der Waals surface area contributed by atoms with Crippen molar-refractivity contribution in [3.63, 3.8) is 0 Å². The number of hydrogen-bond acceptors (Lipinski definition) is 3. The number of unbranched alkanes of at least 4 members (excludes halogenated alkanes) is 1. The number of carbonyl (C=O) groups is 2. The maximum Gasteiger partial charge on any atom is 0.239 e. The first-order valence-electron chi connectivity index (χ1n) is 7.15. The zero-order chi connectivity index (χ0) is 15.9. The highest BCUT2D eigenvalue weighted by molar-refractivity contribution is 6.09. The highest BCUT2D eigenvalue weighted by Gasteiger charge is 2.35. The van der Waals surface area contributed by atoms with Gasteiger partial charge in [0.05, 0.1) is 7.11 Å². The minimum Gasteiger partial charge on any atom is -0.497 e. The minimum absolute atomic E-state index is 0.262. The van der Waals surface area contributed by atoms with Crippen LogP contribution in [0.3, 0.4) is 0 Å². The fourth-order valence-electron chi connectivity index (χ4n) is 1.66. The highest BCUT2D eigenvalue weighted by Crippen LogP contribution is 2.20. The summed E-state index contributed by atoms with van der Waals surface area (Å²) in [6, 6.07) is 6.98. The molecule has 0 saturated carbocycles. The van der Waals surface area contributed by atoms with Crippen molar-refractivity contribution < 1.29 is 14.3 Å². The molecule has 5 heteroatoms. The van der Waals surface area contributed by atoms with Crippen LogP contribution in [0.25, 0.3) is 0 Å². The van der Waals surface area contributed by atoms with E-state index in [1.807, 2.05) is 6.92 Å². The Hall–Kier alpha value is -2.04. The quantitative estimate of drug-likeness (QED) is 0.599. The fraction of sp³-hybridized carbons (Fsp3) is 0.500. The summed E-state index contributed by atoms with van der Waals surface area (Å²) in [5.41, 5.74) is -0.483. The largest absolute Gasteiger partial charge is 0.497 e. The SMILES string of the molecule is CCCCNC(=O)C(C)(C)C(=O)Nc1ccc(OC)cc1. The Kier molecular flexibility index (Phi) is 6.21. The number of anilines is 1. The monoisotopic (exact) mass is 292 g/mol. The van der Waals surface area contributed by atoms with Crippen molar-refractivity contribution in [3.8, 4) is 5.75 Å². The molecule has 0 aromatic heterocycles. The Morgan fingerprint density at radius 1 is 1.14 bits per heavy atom. The van der Waals surface area contributed by atoms with Crippen molar-refractivity contribution >= 4 is 17.5 Å². The second kappa shape index (κ2) is 7.67. The predicted octanol–water partition coefficient (Wildman–Crippen LogP) is 2.58. The zero-order valence-corrected chi connectivity index (χ0v) is 13.2. The molecule has 0 radical (unpaired) electrons. The van der Waals surface area contributed by atoms with Gasteiger partial charge in [0.15, 0.2) is 0 Å². The van der Waals surface area contributed by atoms with Gasteiger partial charge in [-0.3, -0.25) is 9.59 Å². The number of methoxy groups -OCH3 is 1. The van der Waals surface area contributed by atoms with E-state index in [-0.39, 0.29) is 11.8 Å². The van der Waals surface area contributed by atoms with Gasteiger partial charge in [-0.2, -0.15) is 0 Å². The first-order valence-corrected chi connectivity index (χ1v) is 7.15. The van der Waals surface area contributed by atoms with Gasteiger partial charge in [0.1, 0.15) is 11.2 Å². The third kappa shape index (κ3) is 4.77. The van der Waals surface area contributed by atoms with Crippen molar-refractivity contribution in [3.05, 3.63) is 24.3 Å². The maximum atomic E-state index is 12.3. The molecule has 0 bridgehead atoms. The van der Waals surface area contributed by atoms with Gasteiger partial charge in [-0.05, 0) is 44.5 Å². The molecular weight excluding hydrogens is 268 g/mol. The molecule has 2 N–H and O–H groups in total. The predicted molar refractivity (Wildman–Crippen MR) is 83.3 cm³/mol. The molecule has 21 heavy (non-hydrogen) atoms. The standard InChI is InChI=1S/C16H24N2O3/c1-5-6-11-17-14(19)16(2,3)15(20)18-12-7-9-13(21-4)10-8-12/h7-10H,5-6,11H2,1-4H3,(H,17,19)(H,18,20). The number of nitrogens with one attached hydrogen (secondary N) is 2. The van der Waals surface area contributed by atoms with Gasteiger partial charge in [-0.15, -0.1) is 0 Å². The summed E-state index contributed by atoms with van der Waals surface area (Å²) >= 11 is 0. The Labute approximate surface area is 126 Å². The van der Waals surface area contributed by atoms with Crippen molar-refractivity contribution in [1.29, 1.82) is 0 Å². The maximum absolute atomic E-state index is 12.3. The van der Waals surface area contributed by atoms with E-state index in [0.717, 1.165) is 12.8 Å². The summed E-state index contributed by atoms with van der Waals surface area (Å²) in [6.07, 6.45) is 1.90.